The van der Waals surface area contributed by atoms with Crippen LogP contribution in [0.1, 0.15) is 25.7 Å². The van der Waals surface area contributed by atoms with E-state index in [1.807, 2.05) is 6.26 Å². The summed E-state index contributed by atoms with van der Waals surface area (Å²) in [5.41, 5.74) is 5.94. The Balaban J connectivity index is 2.61. The maximum absolute atomic E-state index is 12.4. The van der Waals surface area contributed by atoms with Crippen LogP contribution in [0.15, 0.2) is 0 Å². The number of sulfonamides is 1. The highest BCUT2D eigenvalue weighted by Crippen LogP contribution is 2.18. The molecule has 0 spiro atoms. The monoisotopic (exact) mass is 323 g/mol. The second-order valence-electron chi connectivity index (χ2n) is 5.19. The van der Waals surface area contributed by atoms with Crippen LogP contribution in [0.3, 0.4) is 0 Å². The van der Waals surface area contributed by atoms with Gasteiger partial charge in [-0.1, -0.05) is 0 Å². The first kappa shape index (κ1) is 17.7. The van der Waals surface area contributed by atoms with Gasteiger partial charge in [-0.2, -0.15) is 11.8 Å². The number of carbonyl (C=O) groups excluding carboxylic acids is 1. The van der Waals surface area contributed by atoms with Gasteiger partial charge in [-0.3, -0.25) is 4.79 Å². The molecule has 20 heavy (non-hydrogen) atoms. The lowest BCUT2D eigenvalue weighted by Gasteiger charge is -2.37. The highest BCUT2D eigenvalue weighted by Gasteiger charge is 2.30. The van der Waals surface area contributed by atoms with E-state index < -0.39 is 16.1 Å². The van der Waals surface area contributed by atoms with E-state index in [9.17, 15) is 13.2 Å². The minimum atomic E-state index is -3.23. The summed E-state index contributed by atoms with van der Waals surface area (Å²) in [6.07, 6.45) is 6.56. The molecule has 0 aromatic rings. The predicted octanol–water partition coefficient (Wildman–Crippen LogP) is -0.00290. The average Bonchev–Trinajstić information content (AvgIpc) is 2.41. The lowest BCUT2D eigenvalue weighted by Crippen LogP contribution is -2.54. The summed E-state index contributed by atoms with van der Waals surface area (Å²) < 4.78 is 24.9. The Morgan fingerprint density at radius 2 is 2.20 bits per heavy atom. The first-order chi connectivity index (χ1) is 9.35. The molecule has 1 fully saturated rings. The predicted molar refractivity (Wildman–Crippen MR) is 83.2 cm³/mol. The summed E-state index contributed by atoms with van der Waals surface area (Å²) >= 11 is 1.67. The van der Waals surface area contributed by atoms with Gasteiger partial charge < -0.3 is 10.6 Å². The third-order valence-corrected chi connectivity index (χ3v) is 4.78. The van der Waals surface area contributed by atoms with Crippen LogP contribution < -0.4 is 10.5 Å². The molecule has 2 atom stereocenters. The fourth-order valence-corrected chi connectivity index (χ4v) is 3.32. The highest BCUT2D eigenvalue weighted by molar-refractivity contribution is 7.98. The lowest BCUT2D eigenvalue weighted by atomic mass is 10.0. The molecule has 0 bridgehead atoms. The molecular weight excluding hydrogens is 298 g/mol. The number of thioether (sulfide) groups is 1. The molecule has 6 nitrogen and oxygen atoms in total. The van der Waals surface area contributed by atoms with Crippen molar-refractivity contribution < 1.29 is 13.2 Å². The molecule has 1 aliphatic heterocycles. The van der Waals surface area contributed by atoms with Crippen molar-refractivity contribution in [2.75, 3.05) is 31.4 Å². The van der Waals surface area contributed by atoms with Crippen LogP contribution in [0.25, 0.3) is 0 Å². The Kier molecular flexibility index (Phi) is 7.28. The van der Waals surface area contributed by atoms with Crippen molar-refractivity contribution in [3.63, 3.8) is 0 Å². The second-order valence-corrected chi connectivity index (χ2v) is 8.01. The maximum Gasteiger partial charge on any atom is 0.239 e. The Morgan fingerprint density at radius 1 is 1.50 bits per heavy atom. The molecule has 0 aliphatic carbocycles. The molecule has 1 aliphatic rings. The molecule has 1 amide bonds. The van der Waals surface area contributed by atoms with E-state index >= 15 is 0 Å². The van der Waals surface area contributed by atoms with Crippen molar-refractivity contribution in [2.45, 2.75) is 37.8 Å². The van der Waals surface area contributed by atoms with Crippen molar-refractivity contribution in [3.05, 3.63) is 0 Å². The van der Waals surface area contributed by atoms with Crippen LogP contribution in [0.4, 0.5) is 0 Å². The number of hydrogen-bond acceptors (Lipinski definition) is 5. The minimum Gasteiger partial charge on any atom is -0.337 e. The zero-order valence-corrected chi connectivity index (χ0v) is 13.8. The molecule has 3 N–H and O–H groups in total. The van der Waals surface area contributed by atoms with E-state index in [2.05, 4.69) is 4.72 Å². The van der Waals surface area contributed by atoms with Gasteiger partial charge in [-0.25, -0.2) is 13.1 Å². The number of hydrogen-bond donors (Lipinski definition) is 2. The smallest absolute Gasteiger partial charge is 0.239 e. The first-order valence-corrected chi connectivity index (χ1v) is 10.1. The largest absolute Gasteiger partial charge is 0.337 e. The van der Waals surface area contributed by atoms with Crippen molar-refractivity contribution >= 4 is 27.7 Å². The zero-order valence-electron chi connectivity index (χ0n) is 12.2. The highest BCUT2D eigenvalue weighted by atomic mass is 32.2. The summed E-state index contributed by atoms with van der Waals surface area (Å²) in [6, 6.07) is -0.562. The number of rotatable bonds is 7. The summed E-state index contributed by atoms with van der Waals surface area (Å²) in [4.78, 5) is 14.1. The molecule has 0 aromatic heterocycles. The average molecular weight is 323 g/mol. The van der Waals surface area contributed by atoms with Gasteiger partial charge in [-0.15, -0.1) is 0 Å². The Bertz CT molecular complexity index is 414. The van der Waals surface area contributed by atoms with E-state index in [-0.39, 0.29) is 18.5 Å². The topological polar surface area (TPSA) is 92.5 Å². The summed E-state index contributed by atoms with van der Waals surface area (Å²) in [6.45, 7) is 0.946. The van der Waals surface area contributed by atoms with Gasteiger partial charge in [0.05, 0.1) is 12.3 Å². The van der Waals surface area contributed by atoms with Gasteiger partial charge in [0.2, 0.25) is 15.9 Å². The van der Waals surface area contributed by atoms with Crippen LogP contribution in [-0.4, -0.2) is 62.7 Å². The SMILES string of the molecule is CSCC[C@H](N)C(=O)N1CCCCC1CNS(C)(=O)=O. The third kappa shape index (κ3) is 5.99. The molecule has 8 heteroatoms. The standard InChI is InChI=1S/C12H25N3O3S2/c1-19-8-6-11(13)12(16)15-7-4-3-5-10(15)9-14-20(2,17)18/h10-11,14H,3-9,13H2,1-2H3/t10?,11-/m0/s1. The third-order valence-electron chi connectivity index (χ3n) is 3.44. The Hall–Kier alpha value is -0.310. The van der Waals surface area contributed by atoms with Gasteiger partial charge in [-0.05, 0) is 37.7 Å². The van der Waals surface area contributed by atoms with E-state index in [4.69, 9.17) is 5.73 Å². The van der Waals surface area contributed by atoms with Gasteiger partial charge in [0.25, 0.3) is 0 Å². The molecular formula is C12H25N3O3S2. The number of nitrogens with two attached hydrogens (primary N) is 1. The fraction of sp³-hybridized carbons (Fsp3) is 0.917. The number of nitrogens with one attached hydrogen (secondary N) is 1. The van der Waals surface area contributed by atoms with Crippen molar-refractivity contribution in [1.82, 2.24) is 9.62 Å². The summed E-state index contributed by atoms with van der Waals surface area (Å²) in [5, 5.41) is 0. The quantitative estimate of drug-likeness (QED) is 0.688. The van der Waals surface area contributed by atoms with Crippen molar-refractivity contribution in [2.24, 2.45) is 5.73 Å². The van der Waals surface area contributed by atoms with Crippen LogP contribution in [0.5, 0.6) is 0 Å². The van der Waals surface area contributed by atoms with Gasteiger partial charge >= 0.3 is 0 Å². The van der Waals surface area contributed by atoms with Crippen LogP contribution in [-0.2, 0) is 14.8 Å². The Morgan fingerprint density at radius 3 is 2.80 bits per heavy atom. The number of piperidine rings is 1. The normalized spacial score (nSPS) is 21.8. The zero-order chi connectivity index (χ0) is 15.2. The molecule has 0 saturated carbocycles. The van der Waals surface area contributed by atoms with Crippen LogP contribution in [0, 0.1) is 0 Å². The lowest BCUT2D eigenvalue weighted by molar-refractivity contribution is -0.136. The van der Waals surface area contributed by atoms with Gasteiger partial charge in [0.15, 0.2) is 0 Å². The van der Waals surface area contributed by atoms with E-state index in [1.165, 1.54) is 0 Å². The van der Waals surface area contributed by atoms with E-state index in [1.54, 1.807) is 16.7 Å². The number of amides is 1. The molecule has 0 aromatic carbocycles. The summed E-state index contributed by atoms with van der Waals surface area (Å²) in [5.74, 6) is 0.798. The van der Waals surface area contributed by atoms with Crippen LogP contribution in [0.2, 0.25) is 0 Å². The molecule has 1 saturated heterocycles. The molecule has 1 rings (SSSR count). The van der Waals surface area contributed by atoms with Gasteiger partial charge in [0.1, 0.15) is 0 Å². The second kappa shape index (κ2) is 8.21. The van der Waals surface area contributed by atoms with Crippen LogP contribution >= 0.6 is 11.8 Å². The minimum absolute atomic E-state index is 0.0564. The molecule has 1 heterocycles. The van der Waals surface area contributed by atoms with Gasteiger partial charge in [0, 0.05) is 19.1 Å². The first-order valence-electron chi connectivity index (χ1n) is 6.85. The number of likely N-dealkylation sites (tertiary alicyclic amines) is 1. The number of nitrogens with zero attached hydrogens (tertiary/aromatic N) is 1. The maximum atomic E-state index is 12.4. The van der Waals surface area contributed by atoms with E-state index in [0.29, 0.717) is 13.0 Å². The Labute approximate surface area is 125 Å². The van der Waals surface area contributed by atoms with Crippen molar-refractivity contribution in [1.29, 1.82) is 0 Å². The van der Waals surface area contributed by atoms with E-state index in [0.717, 1.165) is 31.3 Å². The number of carbonyl (C=O) groups is 1. The van der Waals surface area contributed by atoms with Crippen molar-refractivity contribution in [3.8, 4) is 0 Å². The summed E-state index contributed by atoms with van der Waals surface area (Å²) in [7, 11) is -3.23. The fourth-order valence-electron chi connectivity index (χ4n) is 2.33. The molecule has 0 radical (unpaired) electrons. The molecule has 118 valence electrons. The molecule has 1 unspecified atom stereocenters.